The number of allylic oxidation sites excluding steroid dienone is 2. The van der Waals surface area contributed by atoms with E-state index in [0.29, 0.717) is 12.2 Å². The highest BCUT2D eigenvalue weighted by molar-refractivity contribution is 5.91. The number of terminal acetylenes is 1. The molecular weight excluding hydrogens is 248 g/mol. The minimum Gasteiger partial charge on any atom is -0.430 e. The third kappa shape index (κ3) is 2.19. The van der Waals surface area contributed by atoms with Gasteiger partial charge in [0.1, 0.15) is 5.76 Å². The lowest BCUT2D eigenvalue weighted by molar-refractivity contribution is -0.143. The van der Waals surface area contributed by atoms with Crippen LogP contribution in [0.1, 0.15) is 24.3 Å². The third-order valence-corrected chi connectivity index (χ3v) is 3.64. The van der Waals surface area contributed by atoms with Gasteiger partial charge < -0.3 is 4.74 Å². The molecule has 0 spiro atoms. The third-order valence-electron chi connectivity index (χ3n) is 3.64. The van der Waals surface area contributed by atoms with Crippen LogP contribution in [0.25, 0.3) is 10.8 Å². The molecule has 0 unspecified atom stereocenters. The fourth-order valence-electron chi connectivity index (χ4n) is 2.69. The summed E-state index contributed by atoms with van der Waals surface area (Å²) in [4.78, 5) is 12.2. The lowest BCUT2D eigenvalue weighted by Gasteiger charge is -2.23. The maximum Gasteiger partial charge on any atom is 0.318 e. The van der Waals surface area contributed by atoms with Crippen molar-refractivity contribution in [1.82, 2.24) is 0 Å². The van der Waals surface area contributed by atoms with Gasteiger partial charge in [-0.3, -0.25) is 4.79 Å². The first kappa shape index (κ1) is 12.5. The number of benzene rings is 2. The van der Waals surface area contributed by atoms with E-state index in [-0.39, 0.29) is 11.9 Å². The topological polar surface area (TPSA) is 26.3 Å². The van der Waals surface area contributed by atoms with Crippen LogP contribution >= 0.6 is 0 Å². The van der Waals surface area contributed by atoms with Crippen molar-refractivity contribution in [2.24, 2.45) is 0 Å². The Bertz CT molecular complexity index is 729. The molecule has 1 heterocycles. The molecule has 98 valence electrons. The fourth-order valence-corrected chi connectivity index (χ4v) is 2.69. The molecular formula is C18H14O2. The molecule has 2 nitrogen and oxygen atoms in total. The number of ether oxygens (including phenoxy) is 1. The summed E-state index contributed by atoms with van der Waals surface area (Å²) >= 11 is 0. The van der Waals surface area contributed by atoms with Crippen LogP contribution in [0.5, 0.6) is 0 Å². The Morgan fingerprint density at radius 3 is 2.80 bits per heavy atom. The Morgan fingerprint density at radius 1 is 1.20 bits per heavy atom. The highest BCUT2D eigenvalue weighted by Gasteiger charge is 2.29. The van der Waals surface area contributed by atoms with Crippen LogP contribution in [0.3, 0.4) is 0 Å². The van der Waals surface area contributed by atoms with E-state index in [1.54, 1.807) is 0 Å². The second kappa shape index (κ2) is 5.22. The molecule has 1 aliphatic heterocycles. The van der Waals surface area contributed by atoms with E-state index in [1.807, 2.05) is 30.3 Å². The van der Waals surface area contributed by atoms with Crippen LogP contribution in [-0.4, -0.2) is 5.97 Å². The quantitative estimate of drug-likeness (QED) is 0.577. The molecule has 2 aromatic rings. The van der Waals surface area contributed by atoms with Gasteiger partial charge in [-0.2, -0.15) is 0 Å². The van der Waals surface area contributed by atoms with Gasteiger partial charge in [0.15, 0.2) is 0 Å². The van der Waals surface area contributed by atoms with Crippen LogP contribution in [0, 0.1) is 12.3 Å². The number of esters is 1. The zero-order valence-corrected chi connectivity index (χ0v) is 11.0. The molecule has 0 aromatic heterocycles. The molecule has 0 radical (unpaired) electrons. The van der Waals surface area contributed by atoms with Gasteiger partial charge in [0.25, 0.3) is 0 Å². The summed E-state index contributed by atoms with van der Waals surface area (Å²) in [7, 11) is 0. The van der Waals surface area contributed by atoms with E-state index in [1.165, 1.54) is 6.08 Å². The van der Waals surface area contributed by atoms with E-state index in [0.717, 1.165) is 22.8 Å². The normalized spacial score (nSPS) is 20.6. The van der Waals surface area contributed by atoms with Gasteiger partial charge in [-0.25, -0.2) is 0 Å². The molecule has 2 aromatic carbocycles. The van der Waals surface area contributed by atoms with E-state index in [2.05, 4.69) is 18.1 Å². The van der Waals surface area contributed by atoms with Crippen molar-refractivity contribution in [2.45, 2.75) is 18.8 Å². The van der Waals surface area contributed by atoms with Crippen molar-refractivity contribution < 1.29 is 9.53 Å². The van der Waals surface area contributed by atoms with Gasteiger partial charge in [0.2, 0.25) is 0 Å². The predicted octanol–water partition coefficient (Wildman–Crippen LogP) is 3.78. The van der Waals surface area contributed by atoms with Gasteiger partial charge >= 0.3 is 5.97 Å². The summed E-state index contributed by atoms with van der Waals surface area (Å²) in [6, 6.07) is 14.1. The highest BCUT2D eigenvalue weighted by Crippen LogP contribution is 2.34. The number of carbonyl (C=O) groups is 1. The number of cyclic esters (lactones) is 1. The van der Waals surface area contributed by atoms with Crippen molar-refractivity contribution in [3.8, 4) is 12.3 Å². The van der Waals surface area contributed by atoms with Gasteiger partial charge in [-0.1, -0.05) is 48.4 Å². The smallest absolute Gasteiger partial charge is 0.318 e. The molecule has 3 rings (SSSR count). The lowest BCUT2D eigenvalue weighted by Crippen LogP contribution is -2.21. The number of rotatable bonds is 1. The van der Waals surface area contributed by atoms with Crippen molar-refractivity contribution in [2.75, 3.05) is 0 Å². The number of fused-ring (bicyclic) bond motifs is 1. The number of hydrogen-bond acceptors (Lipinski definition) is 2. The molecule has 0 saturated carbocycles. The zero-order chi connectivity index (χ0) is 13.9. The second-order valence-corrected chi connectivity index (χ2v) is 4.86. The van der Waals surface area contributed by atoms with Crippen LogP contribution in [0.15, 0.2) is 54.3 Å². The maximum atomic E-state index is 12.2. The van der Waals surface area contributed by atoms with Gasteiger partial charge in [0, 0.05) is 12.5 Å². The van der Waals surface area contributed by atoms with Crippen LogP contribution in [-0.2, 0) is 9.53 Å². The molecule has 1 aliphatic rings. The number of carbonyl (C=O) groups excluding carboxylic acids is 1. The van der Waals surface area contributed by atoms with E-state index >= 15 is 0 Å². The minimum absolute atomic E-state index is 0.212. The standard InChI is InChI=1S/C18H14O2/c1-2-6-14-11-12-17(18(19)20-14)16-10-5-8-13-7-3-4-9-15(13)16/h1,3-10,17H,11-12H2/b14-6+/t17-/m0/s1. The Kier molecular flexibility index (Phi) is 3.26. The molecule has 20 heavy (non-hydrogen) atoms. The highest BCUT2D eigenvalue weighted by atomic mass is 16.5. The Hall–Kier alpha value is -2.53. The SMILES string of the molecule is C#C/C=C1\CC[C@@H](c2cccc3ccccc23)C(=O)O1. The van der Waals surface area contributed by atoms with Crippen LogP contribution in [0.4, 0.5) is 0 Å². The lowest BCUT2D eigenvalue weighted by atomic mass is 9.88. The summed E-state index contributed by atoms with van der Waals surface area (Å²) in [6.07, 6.45) is 8.17. The summed E-state index contributed by atoms with van der Waals surface area (Å²) in [6.45, 7) is 0. The molecule has 1 saturated heterocycles. The number of hydrogen-bond donors (Lipinski definition) is 0. The Morgan fingerprint density at radius 2 is 2.00 bits per heavy atom. The van der Waals surface area contributed by atoms with Crippen molar-refractivity contribution in [1.29, 1.82) is 0 Å². The van der Waals surface area contributed by atoms with Crippen molar-refractivity contribution in [3.05, 3.63) is 59.9 Å². The van der Waals surface area contributed by atoms with E-state index in [9.17, 15) is 4.79 Å². The zero-order valence-electron chi connectivity index (χ0n) is 11.0. The first-order chi connectivity index (χ1) is 9.79. The van der Waals surface area contributed by atoms with Crippen LogP contribution in [0.2, 0.25) is 0 Å². The summed E-state index contributed by atoms with van der Waals surface area (Å²) in [5.41, 5.74) is 1.04. The summed E-state index contributed by atoms with van der Waals surface area (Å²) in [5.74, 6) is 2.57. The first-order valence-corrected chi connectivity index (χ1v) is 6.64. The predicted molar refractivity (Wildman–Crippen MR) is 78.9 cm³/mol. The summed E-state index contributed by atoms with van der Waals surface area (Å²) < 4.78 is 5.32. The molecule has 1 atom stereocenters. The molecule has 0 N–H and O–H groups in total. The maximum absolute atomic E-state index is 12.2. The average molecular weight is 262 g/mol. The molecule has 1 fully saturated rings. The van der Waals surface area contributed by atoms with Crippen molar-refractivity contribution in [3.63, 3.8) is 0 Å². The van der Waals surface area contributed by atoms with Gasteiger partial charge in [-0.05, 0) is 22.8 Å². The monoisotopic (exact) mass is 262 g/mol. The van der Waals surface area contributed by atoms with E-state index < -0.39 is 0 Å². The van der Waals surface area contributed by atoms with Gasteiger partial charge in [-0.15, -0.1) is 6.42 Å². The largest absolute Gasteiger partial charge is 0.430 e. The van der Waals surface area contributed by atoms with E-state index in [4.69, 9.17) is 11.2 Å². The second-order valence-electron chi connectivity index (χ2n) is 4.86. The van der Waals surface area contributed by atoms with Crippen molar-refractivity contribution >= 4 is 16.7 Å². The van der Waals surface area contributed by atoms with Gasteiger partial charge in [0.05, 0.1) is 5.92 Å². The fraction of sp³-hybridized carbons (Fsp3) is 0.167. The minimum atomic E-state index is -0.214. The Balaban J connectivity index is 1.99. The Labute approximate surface area is 118 Å². The molecule has 0 aliphatic carbocycles. The summed E-state index contributed by atoms with van der Waals surface area (Å²) in [5, 5.41) is 2.25. The first-order valence-electron chi connectivity index (χ1n) is 6.64. The molecule has 0 amide bonds. The average Bonchev–Trinajstić information content (AvgIpc) is 2.47. The molecule has 2 heteroatoms. The molecule has 0 bridgehead atoms. The van der Waals surface area contributed by atoms with Crippen LogP contribution < -0.4 is 0 Å².